The minimum atomic E-state index is -0.825. The molecule has 2 saturated heterocycles. The van der Waals surface area contributed by atoms with Gasteiger partial charge >= 0.3 is 5.97 Å². The van der Waals surface area contributed by atoms with E-state index >= 15 is 0 Å². The molecule has 6 heteroatoms. The van der Waals surface area contributed by atoms with Crippen molar-refractivity contribution < 1.29 is 19.5 Å². The van der Waals surface area contributed by atoms with Crippen molar-refractivity contribution in [1.82, 2.24) is 9.80 Å². The Morgan fingerprint density at radius 3 is 2.39 bits per heavy atom. The highest BCUT2D eigenvalue weighted by Crippen LogP contribution is 2.30. The number of aliphatic carboxylic acids is 1. The first kappa shape index (κ1) is 16.3. The molecule has 23 heavy (non-hydrogen) atoms. The Kier molecular flexibility index (Phi) is 4.87. The fourth-order valence-corrected chi connectivity index (χ4v) is 4.28. The van der Waals surface area contributed by atoms with Crippen LogP contribution in [0, 0.1) is 11.8 Å². The highest BCUT2D eigenvalue weighted by molar-refractivity contribution is 5.89. The van der Waals surface area contributed by atoms with Crippen LogP contribution in [0.25, 0.3) is 0 Å². The first-order chi connectivity index (χ1) is 11.1. The molecule has 3 rings (SSSR count). The van der Waals surface area contributed by atoms with Gasteiger partial charge in [-0.1, -0.05) is 19.3 Å². The van der Waals surface area contributed by atoms with E-state index in [4.69, 9.17) is 5.11 Å². The van der Waals surface area contributed by atoms with Crippen molar-refractivity contribution in [2.24, 2.45) is 11.8 Å². The first-order valence-electron chi connectivity index (χ1n) is 8.87. The number of piperidine rings is 1. The number of carbonyl (C=O) groups excluding carboxylic acids is 2. The van der Waals surface area contributed by atoms with E-state index in [9.17, 15) is 14.4 Å². The Morgan fingerprint density at radius 2 is 1.70 bits per heavy atom. The molecular weight excluding hydrogens is 296 g/mol. The summed E-state index contributed by atoms with van der Waals surface area (Å²) in [7, 11) is 0. The van der Waals surface area contributed by atoms with Crippen molar-refractivity contribution >= 4 is 17.8 Å². The second-order valence-electron chi connectivity index (χ2n) is 7.20. The Labute approximate surface area is 136 Å². The lowest BCUT2D eigenvalue weighted by atomic mass is 9.94. The molecule has 2 amide bonds. The lowest BCUT2D eigenvalue weighted by molar-refractivity contribution is -0.146. The molecule has 1 saturated carbocycles. The van der Waals surface area contributed by atoms with Crippen molar-refractivity contribution in [3.8, 4) is 0 Å². The Morgan fingerprint density at radius 1 is 0.957 bits per heavy atom. The highest BCUT2D eigenvalue weighted by Gasteiger charge is 2.40. The Hall–Kier alpha value is -1.59. The van der Waals surface area contributed by atoms with Crippen LogP contribution in [0.1, 0.15) is 51.4 Å². The minimum absolute atomic E-state index is 0.0254. The number of likely N-dealkylation sites (tertiary alicyclic amines) is 2. The molecule has 0 aromatic carbocycles. The molecule has 1 aliphatic carbocycles. The average Bonchev–Trinajstić information content (AvgIpc) is 2.97. The summed E-state index contributed by atoms with van der Waals surface area (Å²) >= 11 is 0. The quantitative estimate of drug-likeness (QED) is 0.854. The molecule has 3 aliphatic rings. The summed E-state index contributed by atoms with van der Waals surface area (Å²) < 4.78 is 0. The zero-order chi connectivity index (χ0) is 16.4. The SMILES string of the molecule is O=C(O)C1CCCN(C(=O)C2CC(=O)N(C3CCCCC3)C2)C1. The molecule has 0 aromatic rings. The highest BCUT2D eigenvalue weighted by atomic mass is 16.4. The van der Waals surface area contributed by atoms with E-state index in [0.717, 1.165) is 19.3 Å². The molecule has 3 fully saturated rings. The molecule has 6 nitrogen and oxygen atoms in total. The van der Waals surface area contributed by atoms with Crippen LogP contribution in [0.4, 0.5) is 0 Å². The van der Waals surface area contributed by atoms with E-state index in [0.29, 0.717) is 38.5 Å². The number of carboxylic acid groups (broad SMARTS) is 1. The van der Waals surface area contributed by atoms with Gasteiger partial charge in [-0.2, -0.15) is 0 Å². The van der Waals surface area contributed by atoms with Crippen LogP contribution in [0.5, 0.6) is 0 Å². The monoisotopic (exact) mass is 322 g/mol. The van der Waals surface area contributed by atoms with Gasteiger partial charge in [0.25, 0.3) is 0 Å². The van der Waals surface area contributed by atoms with E-state index in [1.807, 2.05) is 4.90 Å². The van der Waals surface area contributed by atoms with E-state index in [2.05, 4.69) is 0 Å². The molecule has 2 unspecified atom stereocenters. The van der Waals surface area contributed by atoms with Crippen molar-refractivity contribution in [3.05, 3.63) is 0 Å². The Balaban J connectivity index is 1.60. The third-order valence-electron chi connectivity index (χ3n) is 5.61. The number of hydrogen-bond acceptors (Lipinski definition) is 3. The molecule has 128 valence electrons. The van der Waals surface area contributed by atoms with Gasteiger partial charge in [0.05, 0.1) is 11.8 Å². The maximum absolute atomic E-state index is 12.7. The molecule has 0 radical (unpaired) electrons. The maximum Gasteiger partial charge on any atom is 0.308 e. The number of hydrogen-bond donors (Lipinski definition) is 1. The standard InChI is InChI=1S/C17H26N2O4/c20-15-9-13(11-19(15)14-6-2-1-3-7-14)16(21)18-8-4-5-12(10-18)17(22)23/h12-14H,1-11H2,(H,22,23). The number of amides is 2. The molecule has 0 spiro atoms. The zero-order valence-corrected chi connectivity index (χ0v) is 13.6. The zero-order valence-electron chi connectivity index (χ0n) is 13.6. The summed E-state index contributed by atoms with van der Waals surface area (Å²) in [6, 6.07) is 0.308. The third-order valence-corrected chi connectivity index (χ3v) is 5.61. The van der Waals surface area contributed by atoms with Gasteiger partial charge in [0.15, 0.2) is 0 Å². The van der Waals surface area contributed by atoms with Gasteiger partial charge in [0, 0.05) is 32.1 Å². The van der Waals surface area contributed by atoms with Crippen molar-refractivity contribution in [1.29, 1.82) is 0 Å². The third kappa shape index (κ3) is 3.51. The van der Waals surface area contributed by atoms with E-state index < -0.39 is 11.9 Å². The molecule has 0 bridgehead atoms. The summed E-state index contributed by atoms with van der Waals surface area (Å²) in [4.78, 5) is 39.7. The summed E-state index contributed by atoms with van der Waals surface area (Å²) in [5, 5.41) is 9.16. The van der Waals surface area contributed by atoms with Crippen LogP contribution in [0.2, 0.25) is 0 Å². The van der Waals surface area contributed by atoms with Gasteiger partial charge in [-0.3, -0.25) is 14.4 Å². The predicted octanol–water partition coefficient (Wildman–Crippen LogP) is 1.49. The van der Waals surface area contributed by atoms with Gasteiger partial charge < -0.3 is 14.9 Å². The van der Waals surface area contributed by atoms with E-state index in [1.54, 1.807) is 4.90 Å². The first-order valence-corrected chi connectivity index (χ1v) is 8.87. The minimum Gasteiger partial charge on any atom is -0.481 e. The van der Waals surface area contributed by atoms with Crippen LogP contribution in [-0.2, 0) is 14.4 Å². The molecule has 2 heterocycles. The summed E-state index contributed by atoms with van der Waals surface area (Å²) in [5.74, 6) is -1.49. The molecule has 2 atom stereocenters. The van der Waals surface area contributed by atoms with E-state index in [-0.39, 0.29) is 17.7 Å². The lowest BCUT2D eigenvalue weighted by Crippen LogP contribution is -2.45. The van der Waals surface area contributed by atoms with Crippen molar-refractivity contribution in [3.63, 3.8) is 0 Å². The number of carboxylic acids is 1. The maximum atomic E-state index is 12.7. The predicted molar refractivity (Wildman–Crippen MR) is 83.6 cm³/mol. The van der Waals surface area contributed by atoms with Crippen LogP contribution in [0.3, 0.4) is 0 Å². The van der Waals surface area contributed by atoms with E-state index in [1.165, 1.54) is 19.3 Å². The van der Waals surface area contributed by atoms with Crippen molar-refractivity contribution in [2.45, 2.75) is 57.4 Å². The van der Waals surface area contributed by atoms with Gasteiger partial charge in [0.2, 0.25) is 11.8 Å². The van der Waals surface area contributed by atoms with Gasteiger partial charge in [-0.05, 0) is 25.7 Å². The van der Waals surface area contributed by atoms with Crippen LogP contribution in [-0.4, -0.2) is 58.4 Å². The largest absolute Gasteiger partial charge is 0.481 e. The van der Waals surface area contributed by atoms with Crippen LogP contribution in [0.15, 0.2) is 0 Å². The van der Waals surface area contributed by atoms with Gasteiger partial charge in [0.1, 0.15) is 0 Å². The normalized spacial score (nSPS) is 29.8. The smallest absolute Gasteiger partial charge is 0.308 e. The lowest BCUT2D eigenvalue weighted by Gasteiger charge is -2.33. The average molecular weight is 322 g/mol. The van der Waals surface area contributed by atoms with Crippen LogP contribution >= 0.6 is 0 Å². The summed E-state index contributed by atoms with van der Waals surface area (Å²) in [6.45, 7) is 1.44. The molecule has 2 aliphatic heterocycles. The summed E-state index contributed by atoms with van der Waals surface area (Å²) in [6.07, 6.45) is 7.34. The number of carbonyl (C=O) groups is 3. The molecule has 1 N–H and O–H groups in total. The fourth-order valence-electron chi connectivity index (χ4n) is 4.28. The second-order valence-corrected chi connectivity index (χ2v) is 7.20. The fraction of sp³-hybridized carbons (Fsp3) is 0.824. The number of rotatable bonds is 3. The summed E-state index contributed by atoms with van der Waals surface area (Å²) in [5.41, 5.74) is 0. The Bertz CT molecular complexity index is 487. The van der Waals surface area contributed by atoms with Gasteiger partial charge in [-0.15, -0.1) is 0 Å². The van der Waals surface area contributed by atoms with Crippen molar-refractivity contribution in [2.75, 3.05) is 19.6 Å². The molecule has 0 aromatic heterocycles. The topological polar surface area (TPSA) is 77.9 Å². The van der Waals surface area contributed by atoms with Crippen LogP contribution < -0.4 is 0 Å². The van der Waals surface area contributed by atoms with Gasteiger partial charge in [-0.25, -0.2) is 0 Å². The molecular formula is C17H26N2O4. The second kappa shape index (κ2) is 6.89. The number of nitrogens with zero attached hydrogens (tertiary/aromatic N) is 2.